The van der Waals surface area contributed by atoms with Crippen LogP contribution < -0.4 is 5.32 Å². The zero-order valence-corrected chi connectivity index (χ0v) is 16.2. The zero-order chi connectivity index (χ0) is 22.3. The quantitative estimate of drug-likeness (QED) is 0.613. The highest BCUT2D eigenvalue weighted by Crippen LogP contribution is 2.39. The molecule has 0 saturated carbocycles. The van der Waals surface area contributed by atoms with E-state index in [9.17, 15) is 27.2 Å². The van der Waals surface area contributed by atoms with Crippen molar-refractivity contribution in [2.24, 2.45) is 0 Å². The normalized spacial score (nSPS) is 18.5. The van der Waals surface area contributed by atoms with Gasteiger partial charge >= 0.3 is 6.18 Å². The van der Waals surface area contributed by atoms with E-state index in [2.05, 4.69) is 15.4 Å². The summed E-state index contributed by atoms with van der Waals surface area (Å²) in [6.45, 7) is 1.78. The van der Waals surface area contributed by atoms with Crippen LogP contribution in [0.25, 0.3) is 0 Å². The van der Waals surface area contributed by atoms with Crippen LogP contribution in [-0.2, 0) is 6.18 Å². The van der Waals surface area contributed by atoms with Gasteiger partial charge in [-0.1, -0.05) is 6.07 Å². The van der Waals surface area contributed by atoms with Gasteiger partial charge in [0.25, 0.3) is 5.91 Å². The fourth-order valence-corrected chi connectivity index (χ4v) is 3.70. The molecule has 2 aromatic heterocycles. The van der Waals surface area contributed by atoms with Gasteiger partial charge in [-0.2, -0.15) is 18.3 Å². The Kier molecular flexibility index (Phi) is 5.08. The highest BCUT2D eigenvalue weighted by atomic mass is 19.4. The number of benzene rings is 1. The van der Waals surface area contributed by atoms with E-state index >= 15 is 0 Å². The zero-order valence-electron chi connectivity index (χ0n) is 16.2. The summed E-state index contributed by atoms with van der Waals surface area (Å²) in [6, 6.07) is 5.34. The van der Waals surface area contributed by atoms with Gasteiger partial charge in [-0.25, -0.2) is 4.39 Å². The van der Waals surface area contributed by atoms with Crippen molar-refractivity contribution < 1.29 is 27.2 Å². The lowest BCUT2D eigenvalue weighted by molar-refractivity contribution is -0.140. The fourth-order valence-electron chi connectivity index (χ4n) is 3.70. The SMILES string of the molecule is C[C@H]1CC(c2ccc(C(F)(F)F)c(F)c2)C(=O)c2c(NC(=O)c3cccnc3)cnn21. The third kappa shape index (κ3) is 3.80. The average molecular weight is 432 g/mol. The van der Waals surface area contributed by atoms with E-state index in [0.717, 1.165) is 12.1 Å². The Balaban J connectivity index is 1.66. The molecule has 10 heteroatoms. The number of carbonyl (C=O) groups is 2. The molecule has 1 aliphatic rings. The minimum Gasteiger partial charge on any atom is -0.319 e. The second kappa shape index (κ2) is 7.60. The third-order valence-corrected chi connectivity index (χ3v) is 5.21. The summed E-state index contributed by atoms with van der Waals surface area (Å²) in [5.74, 6) is -3.26. The molecule has 0 radical (unpaired) electrons. The smallest absolute Gasteiger partial charge is 0.319 e. The number of halogens is 4. The summed E-state index contributed by atoms with van der Waals surface area (Å²) >= 11 is 0. The molecule has 0 spiro atoms. The topological polar surface area (TPSA) is 76.9 Å². The molecule has 3 heterocycles. The van der Waals surface area contributed by atoms with Crippen LogP contribution in [0.2, 0.25) is 0 Å². The molecule has 6 nitrogen and oxygen atoms in total. The summed E-state index contributed by atoms with van der Waals surface area (Å²) in [4.78, 5) is 29.5. The Hall–Kier alpha value is -3.56. The number of carbonyl (C=O) groups excluding carboxylic acids is 2. The minimum absolute atomic E-state index is 0.112. The lowest BCUT2D eigenvalue weighted by Crippen LogP contribution is -2.29. The molecule has 31 heavy (non-hydrogen) atoms. The Bertz CT molecular complexity index is 1160. The van der Waals surface area contributed by atoms with Gasteiger partial charge in [0.1, 0.15) is 11.5 Å². The number of ketones is 1. The van der Waals surface area contributed by atoms with E-state index in [1.165, 1.54) is 23.3 Å². The molecular formula is C21H16F4N4O2. The number of nitrogens with one attached hydrogen (secondary N) is 1. The monoisotopic (exact) mass is 432 g/mol. The van der Waals surface area contributed by atoms with Gasteiger partial charge < -0.3 is 5.32 Å². The van der Waals surface area contributed by atoms with Gasteiger partial charge in [0.05, 0.1) is 35.0 Å². The predicted octanol–water partition coefficient (Wildman–Crippen LogP) is 4.62. The van der Waals surface area contributed by atoms with Crippen molar-refractivity contribution in [3.8, 4) is 0 Å². The number of hydrogen-bond acceptors (Lipinski definition) is 4. The van der Waals surface area contributed by atoms with Crippen molar-refractivity contribution >= 4 is 17.4 Å². The largest absolute Gasteiger partial charge is 0.419 e. The summed E-state index contributed by atoms with van der Waals surface area (Å²) in [5.41, 5.74) is -0.689. The molecular weight excluding hydrogens is 416 g/mol. The molecule has 0 saturated heterocycles. The first-order valence-corrected chi connectivity index (χ1v) is 9.36. The lowest BCUT2D eigenvalue weighted by atomic mass is 9.84. The van der Waals surface area contributed by atoms with Crippen molar-refractivity contribution in [2.45, 2.75) is 31.5 Å². The van der Waals surface area contributed by atoms with Crippen molar-refractivity contribution in [3.63, 3.8) is 0 Å². The van der Waals surface area contributed by atoms with Crippen molar-refractivity contribution in [3.05, 3.63) is 77.1 Å². The highest BCUT2D eigenvalue weighted by Gasteiger charge is 2.38. The number of hydrogen-bond donors (Lipinski definition) is 1. The van der Waals surface area contributed by atoms with Gasteiger partial charge in [0.15, 0.2) is 5.78 Å². The van der Waals surface area contributed by atoms with Crippen LogP contribution in [0.15, 0.2) is 48.9 Å². The van der Waals surface area contributed by atoms with Crippen LogP contribution in [0.1, 0.15) is 57.3 Å². The number of fused-ring (bicyclic) bond motifs is 1. The van der Waals surface area contributed by atoms with E-state index in [1.54, 1.807) is 19.1 Å². The van der Waals surface area contributed by atoms with E-state index in [-0.39, 0.29) is 35.0 Å². The van der Waals surface area contributed by atoms with Crippen LogP contribution in [0, 0.1) is 5.82 Å². The van der Waals surface area contributed by atoms with Gasteiger partial charge in [-0.15, -0.1) is 0 Å². The minimum atomic E-state index is -4.82. The second-order valence-electron chi connectivity index (χ2n) is 7.29. The van der Waals surface area contributed by atoms with Crippen molar-refractivity contribution in [1.82, 2.24) is 14.8 Å². The van der Waals surface area contributed by atoms with Gasteiger partial charge in [0, 0.05) is 12.4 Å². The summed E-state index contributed by atoms with van der Waals surface area (Å²) in [7, 11) is 0. The van der Waals surface area contributed by atoms with Gasteiger partial charge in [0.2, 0.25) is 0 Å². The molecule has 0 bridgehead atoms. The van der Waals surface area contributed by atoms with Gasteiger partial charge in [-0.3, -0.25) is 19.3 Å². The standard InChI is InChI=1S/C21H16F4N4O2/c1-11-7-14(12-4-5-15(16(22)8-12)21(23,24)25)19(30)18-17(10-27-29(11)18)28-20(31)13-3-2-6-26-9-13/h2-6,8-11,14H,7H2,1H3,(H,28,31)/t11-,14?/m0/s1. The maximum Gasteiger partial charge on any atom is 0.419 e. The van der Waals surface area contributed by atoms with Crippen LogP contribution in [0.5, 0.6) is 0 Å². The number of amides is 1. The first-order valence-electron chi connectivity index (χ1n) is 9.36. The summed E-state index contributed by atoms with van der Waals surface area (Å²) in [6.07, 6.45) is -0.377. The average Bonchev–Trinajstić information content (AvgIpc) is 3.15. The molecule has 1 aliphatic heterocycles. The number of alkyl halides is 3. The van der Waals surface area contributed by atoms with Crippen LogP contribution in [-0.4, -0.2) is 26.5 Å². The summed E-state index contributed by atoms with van der Waals surface area (Å²) < 4.78 is 54.1. The number of pyridine rings is 1. The molecule has 0 fully saturated rings. The second-order valence-corrected chi connectivity index (χ2v) is 7.29. The Morgan fingerprint density at radius 1 is 1.23 bits per heavy atom. The molecule has 2 atom stereocenters. The number of nitrogens with zero attached hydrogens (tertiary/aromatic N) is 3. The number of aromatic nitrogens is 3. The number of anilines is 1. The van der Waals surface area contributed by atoms with Crippen molar-refractivity contribution in [1.29, 1.82) is 0 Å². The first-order chi connectivity index (χ1) is 14.7. The van der Waals surface area contributed by atoms with E-state index in [0.29, 0.717) is 6.07 Å². The fraction of sp³-hybridized carbons (Fsp3) is 0.238. The third-order valence-electron chi connectivity index (χ3n) is 5.21. The van der Waals surface area contributed by atoms with Crippen molar-refractivity contribution in [2.75, 3.05) is 5.32 Å². The number of rotatable bonds is 3. The van der Waals surface area contributed by atoms with E-state index in [4.69, 9.17) is 0 Å². The Morgan fingerprint density at radius 2 is 2.00 bits per heavy atom. The molecule has 1 unspecified atom stereocenters. The highest BCUT2D eigenvalue weighted by molar-refractivity contribution is 6.10. The lowest BCUT2D eigenvalue weighted by Gasteiger charge is -2.28. The number of Topliss-reactive ketones (excluding diaryl/α,β-unsaturated/α-hetero) is 1. The molecule has 4 rings (SSSR count). The van der Waals surface area contributed by atoms with Gasteiger partial charge in [-0.05, 0) is 43.2 Å². The molecule has 1 aromatic carbocycles. The van der Waals surface area contributed by atoms with Crippen LogP contribution in [0.3, 0.4) is 0 Å². The molecule has 0 aliphatic carbocycles. The maximum atomic E-state index is 14.1. The maximum absolute atomic E-state index is 14.1. The summed E-state index contributed by atoms with van der Waals surface area (Å²) in [5, 5.41) is 6.79. The van der Waals surface area contributed by atoms with Crippen LogP contribution in [0.4, 0.5) is 23.2 Å². The molecule has 1 N–H and O–H groups in total. The first kappa shape index (κ1) is 20.7. The predicted molar refractivity (Wildman–Crippen MR) is 102 cm³/mol. The van der Waals surface area contributed by atoms with E-state index < -0.39 is 35.2 Å². The Morgan fingerprint density at radius 3 is 2.65 bits per heavy atom. The Labute approximate surface area is 173 Å². The molecule has 160 valence electrons. The van der Waals surface area contributed by atoms with E-state index in [1.807, 2.05) is 0 Å². The molecule has 1 amide bonds. The van der Waals surface area contributed by atoms with Crippen LogP contribution >= 0.6 is 0 Å². The molecule has 3 aromatic rings.